The van der Waals surface area contributed by atoms with Crippen LogP contribution in [-0.2, 0) is 14.9 Å². The van der Waals surface area contributed by atoms with E-state index in [1.165, 1.54) is 25.2 Å². The molecule has 1 aliphatic carbocycles. The molecule has 1 amide bonds. The van der Waals surface area contributed by atoms with Crippen molar-refractivity contribution in [1.29, 1.82) is 0 Å². The molecule has 0 radical (unpaired) electrons. The van der Waals surface area contributed by atoms with E-state index in [4.69, 9.17) is 0 Å². The van der Waals surface area contributed by atoms with Gasteiger partial charge in [0.2, 0.25) is 16.0 Å². The number of anilines is 5. The molecular formula is C24H24F4N6O4S. The first-order valence-electron chi connectivity index (χ1n) is 11.5. The molecule has 1 aliphatic rings. The first-order valence-corrected chi connectivity index (χ1v) is 13.4. The number of amides is 1. The molecule has 39 heavy (non-hydrogen) atoms. The van der Waals surface area contributed by atoms with Gasteiger partial charge in [0.1, 0.15) is 11.6 Å². The number of hydrogen-bond donors (Lipinski definition) is 3. The third-order valence-electron chi connectivity index (χ3n) is 5.70. The Morgan fingerprint density at radius 2 is 1.85 bits per heavy atom. The number of rotatable bonds is 10. The summed E-state index contributed by atoms with van der Waals surface area (Å²) in [6, 6.07) is 10.6. The fraction of sp³-hybridized carbons (Fsp3) is 0.292. The normalized spacial score (nSPS) is 13.6. The third kappa shape index (κ3) is 7.54. The van der Waals surface area contributed by atoms with Crippen molar-refractivity contribution in [1.82, 2.24) is 15.4 Å². The van der Waals surface area contributed by atoms with Crippen molar-refractivity contribution in [3.63, 3.8) is 0 Å². The Hall–Kier alpha value is -3.98. The van der Waals surface area contributed by atoms with Crippen LogP contribution in [-0.4, -0.2) is 50.4 Å². The van der Waals surface area contributed by atoms with E-state index in [2.05, 4.69) is 25.4 Å². The molecule has 3 N–H and O–H groups in total. The van der Waals surface area contributed by atoms with Crippen LogP contribution < -0.4 is 20.4 Å². The molecule has 0 unspecified atom stereocenters. The molecule has 10 nitrogen and oxygen atoms in total. The number of benzene rings is 1. The molecule has 2 aromatic heterocycles. The summed E-state index contributed by atoms with van der Waals surface area (Å²) >= 11 is 0. The molecule has 1 saturated carbocycles. The summed E-state index contributed by atoms with van der Waals surface area (Å²) in [5.74, 6) is -1.27. The minimum Gasteiger partial charge on any atom is -0.353 e. The lowest BCUT2D eigenvalue weighted by molar-refractivity contribution is -0.184. The van der Waals surface area contributed by atoms with Gasteiger partial charge >= 0.3 is 6.18 Å². The van der Waals surface area contributed by atoms with Crippen LogP contribution in [0.4, 0.5) is 46.3 Å². The highest BCUT2D eigenvalue weighted by Crippen LogP contribution is 2.43. The third-order valence-corrected chi connectivity index (χ3v) is 6.89. The largest absolute Gasteiger partial charge is 0.414 e. The lowest BCUT2D eigenvalue weighted by Gasteiger charge is -2.23. The predicted octanol–water partition coefficient (Wildman–Crippen LogP) is 4.60. The van der Waals surface area contributed by atoms with Crippen LogP contribution >= 0.6 is 0 Å². The minimum atomic E-state index is -4.67. The van der Waals surface area contributed by atoms with Crippen molar-refractivity contribution in [2.24, 2.45) is 0 Å². The molecule has 208 valence electrons. The fourth-order valence-electron chi connectivity index (χ4n) is 3.56. The number of alkyl halides is 3. The molecule has 1 aromatic carbocycles. The van der Waals surface area contributed by atoms with Gasteiger partial charge in [0, 0.05) is 19.3 Å². The standard InChI is InChI=1S/C24H24F4N6O4S/c1-34(39(2,36)37)19-10-15(14-6-7-14)8-9-17(19)30-18-11-22(32-21-5-3-4-20(25)31-21)29-12-16(18)23(35)33-38-13-24(26,27)28/h3-5,8-12,14H,6-7,13H2,1-2H3,(H,33,35)(H2,29,30,31,32). The van der Waals surface area contributed by atoms with Gasteiger partial charge in [-0.05, 0) is 48.6 Å². The monoisotopic (exact) mass is 568 g/mol. The smallest absolute Gasteiger partial charge is 0.353 e. The topological polar surface area (TPSA) is 126 Å². The quantitative estimate of drug-likeness (QED) is 0.184. The number of aromatic nitrogens is 2. The Morgan fingerprint density at radius 3 is 2.49 bits per heavy atom. The number of halogens is 4. The van der Waals surface area contributed by atoms with E-state index in [-0.39, 0.29) is 22.9 Å². The van der Waals surface area contributed by atoms with E-state index in [9.17, 15) is 30.8 Å². The van der Waals surface area contributed by atoms with Crippen molar-refractivity contribution in [3.8, 4) is 0 Å². The van der Waals surface area contributed by atoms with Gasteiger partial charge in [0.15, 0.2) is 6.61 Å². The molecule has 15 heteroatoms. The van der Waals surface area contributed by atoms with Gasteiger partial charge in [-0.3, -0.25) is 13.9 Å². The molecule has 0 saturated heterocycles. The van der Waals surface area contributed by atoms with Gasteiger partial charge in [-0.25, -0.2) is 23.9 Å². The molecule has 0 spiro atoms. The van der Waals surface area contributed by atoms with E-state index in [0.717, 1.165) is 41.2 Å². The minimum absolute atomic E-state index is 0.0411. The van der Waals surface area contributed by atoms with Crippen molar-refractivity contribution < 1.29 is 35.6 Å². The zero-order valence-corrected chi connectivity index (χ0v) is 21.5. The van der Waals surface area contributed by atoms with Crippen molar-refractivity contribution >= 4 is 44.6 Å². The number of hydrogen-bond acceptors (Lipinski definition) is 8. The maximum Gasteiger partial charge on any atom is 0.414 e. The van der Waals surface area contributed by atoms with Crippen LogP contribution in [0.15, 0.2) is 48.7 Å². The Bertz CT molecular complexity index is 1480. The van der Waals surface area contributed by atoms with Gasteiger partial charge in [-0.15, -0.1) is 0 Å². The summed E-state index contributed by atoms with van der Waals surface area (Å²) < 4.78 is 76.8. The van der Waals surface area contributed by atoms with Gasteiger partial charge in [-0.2, -0.15) is 17.6 Å². The zero-order valence-electron chi connectivity index (χ0n) is 20.7. The number of carbonyl (C=O) groups excluding carboxylic acids is 1. The summed E-state index contributed by atoms with van der Waals surface area (Å²) in [5, 5.41) is 5.76. The summed E-state index contributed by atoms with van der Waals surface area (Å²) in [7, 11) is -2.30. The van der Waals surface area contributed by atoms with Crippen LogP contribution in [0, 0.1) is 5.95 Å². The van der Waals surface area contributed by atoms with Crippen molar-refractivity contribution in [2.45, 2.75) is 24.9 Å². The van der Waals surface area contributed by atoms with Crippen molar-refractivity contribution in [3.05, 3.63) is 65.7 Å². The first kappa shape index (κ1) is 28.0. The summed E-state index contributed by atoms with van der Waals surface area (Å²) in [6.07, 6.45) is -0.617. The number of carbonyl (C=O) groups is 1. The molecule has 0 atom stereocenters. The maximum absolute atomic E-state index is 13.5. The average molecular weight is 569 g/mol. The van der Waals surface area contributed by atoms with Gasteiger partial charge in [0.05, 0.1) is 28.9 Å². The lowest BCUT2D eigenvalue weighted by atomic mass is 10.1. The molecule has 0 aliphatic heterocycles. The highest BCUT2D eigenvalue weighted by atomic mass is 32.2. The summed E-state index contributed by atoms with van der Waals surface area (Å²) in [6.45, 7) is -1.72. The lowest BCUT2D eigenvalue weighted by Crippen LogP contribution is -2.30. The highest BCUT2D eigenvalue weighted by molar-refractivity contribution is 7.92. The zero-order chi connectivity index (χ0) is 28.4. The highest BCUT2D eigenvalue weighted by Gasteiger charge is 2.29. The molecule has 2 heterocycles. The molecule has 0 bridgehead atoms. The average Bonchev–Trinajstić information content (AvgIpc) is 3.68. The van der Waals surface area contributed by atoms with Crippen LogP contribution in [0.2, 0.25) is 0 Å². The van der Waals surface area contributed by atoms with Crippen molar-refractivity contribution in [2.75, 3.05) is 34.8 Å². The maximum atomic E-state index is 13.5. The summed E-state index contributed by atoms with van der Waals surface area (Å²) in [5.41, 5.74) is 3.08. The fourth-order valence-corrected chi connectivity index (χ4v) is 4.07. The van der Waals surface area contributed by atoms with Gasteiger partial charge in [0.25, 0.3) is 5.91 Å². The van der Waals surface area contributed by atoms with Crippen LogP contribution in [0.3, 0.4) is 0 Å². The Morgan fingerprint density at radius 1 is 1.10 bits per heavy atom. The Balaban J connectivity index is 1.71. The second-order valence-electron chi connectivity index (χ2n) is 8.83. The first-order chi connectivity index (χ1) is 18.3. The summed E-state index contributed by atoms with van der Waals surface area (Å²) in [4.78, 5) is 24.7. The molecule has 1 fully saturated rings. The van der Waals surface area contributed by atoms with Gasteiger partial charge in [-0.1, -0.05) is 12.1 Å². The predicted molar refractivity (Wildman–Crippen MR) is 136 cm³/mol. The molecule has 4 rings (SSSR count). The Kier molecular flexibility index (Phi) is 7.92. The number of sulfonamides is 1. The van der Waals surface area contributed by atoms with E-state index in [1.54, 1.807) is 17.6 Å². The number of pyridine rings is 2. The van der Waals surface area contributed by atoms with E-state index >= 15 is 0 Å². The Labute approximate surface area is 221 Å². The number of nitrogens with zero attached hydrogens (tertiary/aromatic N) is 3. The van der Waals surface area contributed by atoms with Crippen LogP contribution in [0.25, 0.3) is 0 Å². The number of hydroxylamine groups is 1. The van der Waals surface area contributed by atoms with Gasteiger partial charge < -0.3 is 10.6 Å². The van der Waals surface area contributed by atoms with Crippen LogP contribution in [0.5, 0.6) is 0 Å². The molecule has 3 aromatic rings. The second kappa shape index (κ2) is 11.0. The SMILES string of the molecule is CN(c1cc(C2CC2)ccc1Nc1cc(Nc2cccc(F)n2)ncc1C(=O)NOCC(F)(F)F)S(C)(=O)=O. The molecular weight excluding hydrogens is 544 g/mol. The van der Waals surface area contributed by atoms with E-state index < -0.39 is 34.7 Å². The second-order valence-corrected chi connectivity index (χ2v) is 10.8. The van der Waals surface area contributed by atoms with E-state index in [1.807, 2.05) is 6.07 Å². The van der Waals surface area contributed by atoms with Crippen LogP contribution in [0.1, 0.15) is 34.7 Å². The van der Waals surface area contributed by atoms with E-state index in [0.29, 0.717) is 17.3 Å². The number of nitrogens with one attached hydrogen (secondary N) is 3.